The Bertz CT molecular complexity index is 720. The van der Waals surface area contributed by atoms with Crippen molar-refractivity contribution in [3.8, 4) is 5.69 Å². The number of benzene rings is 2. The predicted octanol–water partition coefficient (Wildman–Crippen LogP) is 3.08. The maximum Gasteiger partial charge on any atom is 0.151 e. The zero-order chi connectivity index (χ0) is 14.7. The van der Waals surface area contributed by atoms with E-state index in [9.17, 15) is 0 Å². The van der Waals surface area contributed by atoms with Crippen LogP contribution in [0, 0.1) is 0 Å². The Kier molecular flexibility index (Phi) is 4.13. The molecule has 2 aromatic carbocycles. The van der Waals surface area contributed by atoms with E-state index in [4.69, 9.17) is 5.73 Å². The predicted molar refractivity (Wildman–Crippen MR) is 86.2 cm³/mol. The average Bonchev–Trinajstić information content (AvgIpc) is 2.93. The molecule has 1 aromatic heterocycles. The molecule has 21 heavy (non-hydrogen) atoms. The highest BCUT2D eigenvalue weighted by molar-refractivity contribution is 9.10. The van der Waals surface area contributed by atoms with Crippen LogP contribution in [0.15, 0.2) is 59.1 Å². The molecular formula is C16H15BrN4. The van der Waals surface area contributed by atoms with Crippen molar-refractivity contribution in [3.05, 3.63) is 76.3 Å². The molecule has 0 saturated carbocycles. The van der Waals surface area contributed by atoms with Crippen LogP contribution in [0.3, 0.4) is 0 Å². The summed E-state index contributed by atoms with van der Waals surface area (Å²) in [7, 11) is 0. The lowest BCUT2D eigenvalue weighted by molar-refractivity contribution is 0.838. The number of aromatic nitrogens is 3. The van der Waals surface area contributed by atoms with Crippen LogP contribution in [0.25, 0.3) is 5.69 Å². The zero-order valence-electron chi connectivity index (χ0n) is 11.4. The molecule has 0 radical (unpaired) electrons. The van der Waals surface area contributed by atoms with Gasteiger partial charge in [0.15, 0.2) is 5.82 Å². The van der Waals surface area contributed by atoms with Gasteiger partial charge in [-0.3, -0.25) is 4.57 Å². The fourth-order valence-electron chi connectivity index (χ4n) is 2.26. The second-order valence-corrected chi connectivity index (χ2v) is 5.63. The smallest absolute Gasteiger partial charge is 0.151 e. The maximum atomic E-state index is 5.79. The Morgan fingerprint density at radius 3 is 2.24 bits per heavy atom. The van der Waals surface area contributed by atoms with Gasteiger partial charge in [-0.2, -0.15) is 0 Å². The van der Waals surface area contributed by atoms with Crippen LogP contribution in [0.2, 0.25) is 0 Å². The third-order valence-corrected chi connectivity index (χ3v) is 3.80. The van der Waals surface area contributed by atoms with Gasteiger partial charge in [0.2, 0.25) is 0 Å². The molecule has 0 aliphatic carbocycles. The van der Waals surface area contributed by atoms with Crippen LogP contribution in [-0.2, 0) is 13.0 Å². The van der Waals surface area contributed by atoms with E-state index >= 15 is 0 Å². The third-order valence-electron chi connectivity index (χ3n) is 3.27. The highest BCUT2D eigenvalue weighted by Gasteiger charge is 2.12. The lowest BCUT2D eigenvalue weighted by atomic mass is 10.1. The minimum Gasteiger partial charge on any atom is -0.324 e. The summed E-state index contributed by atoms with van der Waals surface area (Å²) < 4.78 is 3.10. The second-order valence-electron chi connectivity index (χ2n) is 4.71. The molecule has 0 atom stereocenters. The average molecular weight is 343 g/mol. The Balaban J connectivity index is 1.99. The van der Waals surface area contributed by atoms with Crippen LogP contribution >= 0.6 is 15.9 Å². The zero-order valence-corrected chi connectivity index (χ0v) is 13.0. The number of nitrogens with two attached hydrogens (primary N) is 1. The van der Waals surface area contributed by atoms with E-state index < -0.39 is 0 Å². The van der Waals surface area contributed by atoms with Crippen molar-refractivity contribution in [2.24, 2.45) is 5.73 Å². The monoisotopic (exact) mass is 342 g/mol. The summed E-state index contributed by atoms with van der Waals surface area (Å²) in [4.78, 5) is 0. The SMILES string of the molecule is NCc1nnc(Cc2ccc(Br)cc2)n1-c1ccccc1. The van der Waals surface area contributed by atoms with E-state index in [0.29, 0.717) is 6.54 Å². The van der Waals surface area contributed by atoms with Crippen molar-refractivity contribution in [1.82, 2.24) is 14.8 Å². The first-order valence-corrected chi connectivity index (χ1v) is 7.50. The van der Waals surface area contributed by atoms with Crippen LogP contribution in [0.4, 0.5) is 0 Å². The summed E-state index contributed by atoms with van der Waals surface area (Å²) in [5.74, 6) is 1.66. The highest BCUT2D eigenvalue weighted by Crippen LogP contribution is 2.17. The molecule has 3 aromatic rings. The maximum absolute atomic E-state index is 5.79. The van der Waals surface area contributed by atoms with Crippen molar-refractivity contribution in [1.29, 1.82) is 0 Å². The molecule has 0 spiro atoms. The van der Waals surface area contributed by atoms with Gasteiger partial charge in [-0.25, -0.2) is 0 Å². The number of rotatable bonds is 4. The molecule has 1 heterocycles. The number of para-hydroxylation sites is 1. The first-order chi connectivity index (χ1) is 10.3. The highest BCUT2D eigenvalue weighted by atomic mass is 79.9. The third kappa shape index (κ3) is 3.04. The summed E-state index contributed by atoms with van der Waals surface area (Å²) in [6, 6.07) is 18.3. The van der Waals surface area contributed by atoms with E-state index in [2.05, 4.69) is 38.3 Å². The van der Waals surface area contributed by atoms with Gasteiger partial charge < -0.3 is 5.73 Å². The van der Waals surface area contributed by atoms with Gasteiger partial charge in [0.1, 0.15) is 5.82 Å². The second kappa shape index (κ2) is 6.20. The lowest BCUT2D eigenvalue weighted by Gasteiger charge is -2.09. The quantitative estimate of drug-likeness (QED) is 0.792. The summed E-state index contributed by atoms with van der Waals surface area (Å²) in [6.45, 7) is 0.363. The van der Waals surface area contributed by atoms with Gasteiger partial charge in [-0.1, -0.05) is 46.3 Å². The van der Waals surface area contributed by atoms with Crippen LogP contribution < -0.4 is 5.73 Å². The van der Waals surface area contributed by atoms with E-state index in [1.54, 1.807) is 0 Å². The summed E-state index contributed by atoms with van der Waals surface area (Å²) in [6.07, 6.45) is 0.717. The molecule has 0 aliphatic rings. The van der Waals surface area contributed by atoms with Crippen LogP contribution in [0.1, 0.15) is 17.2 Å². The normalized spacial score (nSPS) is 10.8. The Labute approximate surface area is 131 Å². The molecule has 4 nitrogen and oxygen atoms in total. The van der Waals surface area contributed by atoms with Gasteiger partial charge in [0, 0.05) is 16.6 Å². The molecule has 5 heteroatoms. The number of nitrogens with zero attached hydrogens (tertiary/aromatic N) is 3. The van der Waals surface area contributed by atoms with Crippen LogP contribution in [0.5, 0.6) is 0 Å². The Hall–Kier alpha value is -1.98. The van der Waals surface area contributed by atoms with E-state index in [-0.39, 0.29) is 0 Å². The number of hydrogen-bond donors (Lipinski definition) is 1. The van der Waals surface area contributed by atoms with Crippen molar-refractivity contribution in [2.75, 3.05) is 0 Å². The summed E-state index contributed by atoms with van der Waals surface area (Å²) in [5.41, 5.74) is 8.01. The first kappa shape index (κ1) is 14.0. The number of hydrogen-bond acceptors (Lipinski definition) is 3. The molecule has 2 N–H and O–H groups in total. The van der Waals surface area contributed by atoms with Gasteiger partial charge >= 0.3 is 0 Å². The van der Waals surface area contributed by atoms with Gasteiger partial charge in [-0.15, -0.1) is 10.2 Å². The fraction of sp³-hybridized carbons (Fsp3) is 0.125. The van der Waals surface area contributed by atoms with Gasteiger partial charge in [0.05, 0.1) is 6.54 Å². The van der Waals surface area contributed by atoms with Crippen LogP contribution in [-0.4, -0.2) is 14.8 Å². The molecule has 0 bridgehead atoms. The van der Waals surface area contributed by atoms with E-state index in [1.165, 1.54) is 5.56 Å². The van der Waals surface area contributed by atoms with E-state index in [0.717, 1.165) is 28.2 Å². The minimum absolute atomic E-state index is 0.363. The van der Waals surface area contributed by atoms with Crippen molar-refractivity contribution >= 4 is 15.9 Å². The molecule has 0 amide bonds. The standard InChI is InChI=1S/C16H15BrN4/c17-13-8-6-12(7-9-13)10-15-19-20-16(11-18)21(15)14-4-2-1-3-5-14/h1-9H,10-11,18H2. The molecule has 0 fully saturated rings. The largest absolute Gasteiger partial charge is 0.324 e. The number of halogens is 1. The Morgan fingerprint density at radius 1 is 0.905 bits per heavy atom. The fourth-order valence-corrected chi connectivity index (χ4v) is 2.52. The van der Waals surface area contributed by atoms with Gasteiger partial charge in [0.25, 0.3) is 0 Å². The molecule has 0 aliphatic heterocycles. The van der Waals surface area contributed by atoms with E-state index in [1.807, 2.05) is 47.0 Å². The molecule has 3 rings (SSSR count). The summed E-state index contributed by atoms with van der Waals surface area (Å²) in [5, 5.41) is 8.51. The van der Waals surface area contributed by atoms with Gasteiger partial charge in [-0.05, 0) is 29.8 Å². The van der Waals surface area contributed by atoms with Crippen molar-refractivity contribution in [2.45, 2.75) is 13.0 Å². The molecule has 0 saturated heterocycles. The molecule has 106 valence electrons. The minimum atomic E-state index is 0.363. The van der Waals surface area contributed by atoms with Crippen molar-refractivity contribution < 1.29 is 0 Å². The first-order valence-electron chi connectivity index (χ1n) is 6.71. The molecule has 0 unspecified atom stereocenters. The van der Waals surface area contributed by atoms with Crippen molar-refractivity contribution in [3.63, 3.8) is 0 Å². The summed E-state index contributed by atoms with van der Waals surface area (Å²) >= 11 is 3.45. The Morgan fingerprint density at radius 2 is 1.57 bits per heavy atom. The molecular weight excluding hydrogens is 328 g/mol. The topological polar surface area (TPSA) is 56.7 Å². The lowest BCUT2D eigenvalue weighted by Crippen LogP contribution is -2.09.